The quantitative estimate of drug-likeness (QED) is 0.219. The Kier molecular flexibility index (Phi) is 6.45. The van der Waals surface area contributed by atoms with Crippen molar-refractivity contribution < 1.29 is 22.3 Å². The van der Waals surface area contributed by atoms with E-state index in [1.54, 1.807) is 16.9 Å². The molecular formula is C22H25ClF4N4OSi. The lowest BCUT2D eigenvalue weighted by atomic mass is 10.0. The third kappa shape index (κ3) is 5.33. The molecule has 1 fully saturated rings. The van der Waals surface area contributed by atoms with E-state index >= 15 is 0 Å². The van der Waals surface area contributed by atoms with E-state index in [1.807, 2.05) is 11.0 Å². The predicted molar refractivity (Wildman–Crippen MR) is 124 cm³/mol. The number of nitrogens with zero attached hydrogens (tertiary/aromatic N) is 4. The number of alkyl halides is 4. The molecule has 3 heterocycles. The monoisotopic (exact) mass is 500 g/mol. The summed E-state index contributed by atoms with van der Waals surface area (Å²) in [5.74, 6) is 0. The highest BCUT2D eigenvalue weighted by atomic mass is 35.5. The van der Waals surface area contributed by atoms with Gasteiger partial charge in [-0.05, 0) is 24.2 Å². The number of anilines is 1. The highest BCUT2D eigenvalue weighted by Gasteiger charge is 2.32. The minimum absolute atomic E-state index is 0.116. The molecule has 0 atom stereocenters. The van der Waals surface area contributed by atoms with Gasteiger partial charge < -0.3 is 9.64 Å². The lowest BCUT2D eigenvalue weighted by molar-refractivity contribution is -0.137. The third-order valence-electron chi connectivity index (χ3n) is 5.58. The van der Waals surface area contributed by atoms with Crippen LogP contribution >= 0.6 is 11.6 Å². The Balaban J connectivity index is 1.72. The molecule has 0 radical (unpaired) electrons. The summed E-state index contributed by atoms with van der Waals surface area (Å²) in [6.07, 6.45) is -3.06. The average molecular weight is 501 g/mol. The van der Waals surface area contributed by atoms with E-state index in [-0.39, 0.29) is 30.5 Å². The van der Waals surface area contributed by atoms with Crippen molar-refractivity contribution in [2.45, 2.75) is 44.8 Å². The summed E-state index contributed by atoms with van der Waals surface area (Å²) < 4.78 is 60.3. The SMILES string of the molecule is C[Si](C)(C)CCOCn1ncc2c(-c3ncc(C(F)(F)F)cc3Cl)cc(N3CC(F)C3)cc21. The van der Waals surface area contributed by atoms with Crippen LogP contribution in [0.3, 0.4) is 0 Å². The van der Waals surface area contributed by atoms with Gasteiger partial charge in [0, 0.05) is 37.5 Å². The standard InChI is InChI=1S/C22H25ClF4N4OSi/c1-33(2,3)5-4-32-13-31-20-8-16(30-11-15(24)12-30)7-17(18(20)10-29-31)21-19(23)6-14(9-28-21)22(25,26)27/h6-10,15H,4-5,11-13H2,1-3H3. The van der Waals surface area contributed by atoms with E-state index < -0.39 is 26.0 Å². The Bertz CT molecular complexity index is 1160. The summed E-state index contributed by atoms with van der Waals surface area (Å²) in [5.41, 5.74) is 1.28. The summed E-state index contributed by atoms with van der Waals surface area (Å²) in [6.45, 7) is 8.15. The topological polar surface area (TPSA) is 43.2 Å². The second-order valence-corrected chi connectivity index (χ2v) is 15.5. The molecular weight excluding hydrogens is 476 g/mol. The molecule has 0 saturated carbocycles. The zero-order chi connectivity index (χ0) is 24.0. The van der Waals surface area contributed by atoms with Gasteiger partial charge in [-0.2, -0.15) is 18.3 Å². The Labute approximate surface area is 195 Å². The normalized spacial score (nSPS) is 15.3. The molecule has 178 valence electrons. The van der Waals surface area contributed by atoms with Gasteiger partial charge in [-0.15, -0.1) is 0 Å². The molecule has 2 aromatic heterocycles. The van der Waals surface area contributed by atoms with E-state index in [1.165, 1.54) is 0 Å². The van der Waals surface area contributed by atoms with E-state index in [0.29, 0.717) is 17.6 Å². The van der Waals surface area contributed by atoms with Gasteiger partial charge in [0.2, 0.25) is 0 Å². The second kappa shape index (κ2) is 8.88. The van der Waals surface area contributed by atoms with Gasteiger partial charge in [-0.3, -0.25) is 4.98 Å². The highest BCUT2D eigenvalue weighted by molar-refractivity contribution is 6.76. The van der Waals surface area contributed by atoms with Crippen molar-refractivity contribution in [1.82, 2.24) is 14.8 Å². The lowest BCUT2D eigenvalue weighted by Crippen LogP contribution is -2.48. The van der Waals surface area contributed by atoms with Crippen molar-refractivity contribution in [1.29, 1.82) is 0 Å². The highest BCUT2D eigenvalue weighted by Crippen LogP contribution is 2.39. The smallest absolute Gasteiger partial charge is 0.365 e. The van der Waals surface area contributed by atoms with E-state index in [9.17, 15) is 17.6 Å². The Morgan fingerprint density at radius 3 is 2.48 bits per heavy atom. The summed E-state index contributed by atoms with van der Waals surface area (Å²) in [6, 6.07) is 5.54. The Morgan fingerprint density at radius 1 is 1.15 bits per heavy atom. The maximum Gasteiger partial charge on any atom is 0.417 e. The van der Waals surface area contributed by atoms with Gasteiger partial charge in [-0.1, -0.05) is 31.2 Å². The van der Waals surface area contributed by atoms with Crippen molar-refractivity contribution in [2.75, 3.05) is 24.6 Å². The first-order valence-electron chi connectivity index (χ1n) is 10.6. The van der Waals surface area contributed by atoms with Crippen molar-refractivity contribution in [3.8, 4) is 11.3 Å². The minimum atomic E-state index is -4.54. The Morgan fingerprint density at radius 2 is 1.88 bits per heavy atom. The third-order valence-corrected chi connectivity index (χ3v) is 7.58. The molecule has 1 aromatic carbocycles. The van der Waals surface area contributed by atoms with Gasteiger partial charge >= 0.3 is 6.18 Å². The van der Waals surface area contributed by atoms with Crippen LogP contribution < -0.4 is 4.90 Å². The maximum absolute atomic E-state index is 13.5. The zero-order valence-electron chi connectivity index (χ0n) is 18.6. The number of hydrogen-bond acceptors (Lipinski definition) is 4. The lowest BCUT2D eigenvalue weighted by Gasteiger charge is -2.36. The van der Waals surface area contributed by atoms with Crippen LogP contribution in [0.25, 0.3) is 22.2 Å². The molecule has 0 aliphatic carbocycles. The number of fused-ring (bicyclic) bond motifs is 1. The number of benzene rings is 1. The van der Waals surface area contributed by atoms with Crippen LogP contribution in [0.2, 0.25) is 30.7 Å². The first-order valence-corrected chi connectivity index (χ1v) is 14.7. The van der Waals surface area contributed by atoms with Crippen LogP contribution in [0, 0.1) is 0 Å². The molecule has 1 saturated heterocycles. The fraction of sp³-hybridized carbons (Fsp3) is 0.455. The fourth-order valence-electron chi connectivity index (χ4n) is 3.60. The van der Waals surface area contributed by atoms with Gasteiger partial charge in [0.15, 0.2) is 0 Å². The summed E-state index contributed by atoms with van der Waals surface area (Å²) in [5, 5.41) is 4.98. The van der Waals surface area contributed by atoms with E-state index in [0.717, 1.165) is 29.5 Å². The van der Waals surface area contributed by atoms with E-state index in [2.05, 4.69) is 29.7 Å². The molecule has 4 rings (SSSR count). The van der Waals surface area contributed by atoms with Gasteiger partial charge in [-0.25, -0.2) is 9.07 Å². The Hall–Kier alpha value is -2.17. The first kappa shape index (κ1) is 24.0. The molecule has 1 aliphatic rings. The summed E-state index contributed by atoms with van der Waals surface area (Å²) >= 11 is 6.24. The largest absolute Gasteiger partial charge is 0.417 e. The number of halogens is 5. The number of pyridine rings is 1. The van der Waals surface area contributed by atoms with Crippen molar-refractivity contribution in [3.63, 3.8) is 0 Å². The van der Waals surface area contributed by atoms with Crippen LogP contribution in [0.1, 0.15) is 5.56 Å². The fourth-order valence-corrected chi connectivity index (χ4v) is 4.62. The van der Waals surface area contributed by atoms with Crippen LogP contribution in [-0.2, 0) is 17.6 Å². The number of hydrogen-bond donors (Lipinski definition) is 0. The molecule has 0 bridgehead atoms. The van der Waals surface area contributed by atoms with Crippen LogP contribution in [0.5, 0.6) is 0 Å². The van der Waals surface area contributed by atoms with Crippen molar-refractivity contribution in [3.05, 3.63) is 41.2 Å². The summed E-state index contributed by atoms with van der Waals surface area (Å²) in [4.78, 5) is 5.88. The zero-order valence-corrected chi connectivity index (χ0v) is 20.3. The number of aromatic nitrogens is 3. The van der Waals surface area contributed by atoms with Gasteiger partial charge in [0.1, 0.15) is 12.9 Å². The second-order valence-electron chi connectivity index (χ2n) is 9.47. The first-order chi connectivity index (χ1) is 15.4. The molecule has 1 aliphatic heterocycles. The molecule has 33 heavy (non-hydrogen) atoms. The number of ether oxygens (including phenoxy) is 1. The predicted octanol–water partition coefficient (Wildman–Crippen LogP) is 6.24. The molecule has 3 aromatic rings. The van der Waals surface area contributed by atoms with Crippen LogP contribution in [0.4, 0.5) is 23.2 Å². The van der Waals surface area contributed by atoms with Gasteiger partial charge in [0.05, 0.1) is 41.1 Å². The molecule has 11 heteroatoms. The molecule has 0 amide bonds. The van der Waals surface area contributed by atoms with Crippen molar-refractivity contribution >= 4 is 36.3 Å². The minimum Gasteiger partial charge on any atom is -0.365 e. The van der Waals surface area contributed by atoms with Crippen molar-refractivity contribution in [2.24, 2.45) is 0 Å². The summed E-state index contributed by atoms with van der Waals surface area (Å²) in [7, 11) is -1.24. The van der Waals surface area contributed by atoms with Crippen LogP contribution in [-0.4, -0.2) is 48.7 Å². The maximum atomic E-state index is 13.5. The van der Waals surface area contributed by atoms with Crippen LogP contribution in [0.15, 0.2) is 30.6 Å². The molecule has 0 N–H and O–H groups in total. The van der Waals surface area contributed by atoms with Gasteiger partial charge in [0.25, 0.3) is 0 Å². The molecule has 0 unspecified atom stereocenters. The number of rotatable bonds is 7. The molecule has 5 nitrogen and oxygen atoms in total. The molecule has 0 spiro atoms. The van der Waals surface area contributed by atoms with E-state index in [4.69, 9.17) is 16.3 Å². The average Bonchev–Trinajstić information content (AvgIpc) is 3.10.